The highest BCUT2D eigenvalue weighted by Gasteiger charge is 1.98. The number of benzene rings is 1. The highest BCUT2D eigenvalue weighted by molar-refractivity contribution is 5.79. The van der Waals surface area contributed by atoms with E-state index in [-0.39, 0.29) is 0 Å². The van der Waals surface area contributed by atoms with Gasteiger partial charge < -0.3 is 5.32 Å². The lowest BCUT2D eigenvalue weighted by molar-refractivity contribution is 0.540. The van der Waals surface area contributed by atoms with E-state index in [2.05, 4.69) is 44.9 Å². The third-order valence-electron chi connectivity index (χ3n) is 3.21. The first-order chi connectivity index (χ1) is 9.81. The van der Waals surface area contributed by atoms with Crippen LogP contribution in [-0.2, 0) is 13.1 Å². The van der Waals surface area contributed by atoms with E-state index in [1.54, 1.807) is 6.20 Å². The quantitative estimate of drug-likeness (QED) is 0.718. The monoisotopic (exact) mass is 267 g/mol. The molecule has 5 nitrogen and oxygen atoms in total. The second kappa shape index (κ2) is 5.79. The molecule has 1 N–H and O–H groups in total. The Balaban J connectivity index is 1.58. The predicted molar refractivity (Wildman–Crippen MR) is 78.2 cm³/mol. The summed E-state index contributed by atoms with van der Waals surface area (Å²) in [6.07, 6.45) is 3.56. The Hall–Kier alpha value is -2.27. The second-order valence-electron chi connectivity index (χ2n) is 4.82. The molecule has 102 valence electrons. The number of aromatic nitrogens is 4. The molecule has 3 aromatic rings. The SMILES string of the molecule is Cc1ccc2cc(CNCCn3ccnn3)ccc2n1. The van der Waals surface area contributed by atoms with Crippen molar-refractivity contribution in [3.63, 3.8) is 0 Å². The molecule has 2 aromatic heterocycles. The summed E-state index contributed by atoms with van der Waals surface area (Å²) in [6, 6.07) is 10.6. The van der Waals surface area contributed by atoms with Gasteiger partial charge in [0, 0.05) is 30.4 Å². The lowest BCUT2D eigenvalue weighted by Crippen LogP contribution is -2.19. The lowest BCUT2D eigenvalue weighted by atomic mass is 10.1. The molecule has 0 radical (unpaired) electrons. The van der Waals surface area contributed by atoms with Crippen molar-refractivity contribution < 1.29 is 0 Å². The van der Waals surface area contributed by atoms with Crippen LogP contribution in [0.3, 0.4) is 0 Å². The number of rotatable bonds is 5. The maximum Gasteiger partial charge on any atom is 0.0705 e. The van der Waals surface area contributed by atoms with Crippen molar-refractivity contribution in [3.05, 3.63) is 54.0 Å². The maximum atomic E-state index is 4.51. The normalized spacial score (nSPS) is 11.1. The van der Waals surface area contributed by atoms with Crippen LogP contribution in [0, 0.1) is 6.92 Å². The van der Waals surface area contributed by atoms with E-state index >= 15 is 0 Å². The van der Waals surface area contributed by atoms with Gasteiger partial charge in [0.2, 0.25) is 0 Å². The fourth-order valence-electron chi connectivity index (χ4n) is 2.17. The van der Waals surface area contributed by atoms with Gasteiger partial charge in [-0.1, -0.05) is 17.3 Å². The predicted octanol–water partition coefficient (Wildman–Crippen LogP) is 1.92. The summed E-state index contributed by atoms with van der Waals surface area (Å²) in [7, 11) is 0. The number of fused-ring (bicyclic) bond motifs is 1. The molecular weight excluding hydrogens is 250 g/mol. The molecule has 0 aliphatic rings. The molecule has 0 unspecified atom stereocenters. The Kier molecular flexibility index (Phi) is 3.69. The van der Waals surface area contributed by atoms with Crippen LogP contribution in [0.1, 0.15) is 11.3 Å². The zero-order valence-corrected chi connectivity index (χ0v) is 11.5. The van der Waals surface area contributed by atoms with Gasteiger partial charge in [-0.25, -0.2) is 0 Å². The van der Waals surface area contributed by atoms with Gasteiger partial charge in [0.25, 0.3) is 0 Å². The first-order valence-corrected chi connectivity index (χ1v) is 6.72. The van der Waals surface area contributed by atoms with Crippen molar-refractivity contribution in [2.75, 3.05) is 6.54 Å². The van der Waals surface area contributed by atoms with Gasteiger partial charge in [-0.2, -0.15) is 0 Å². The van der Waals surface area contributed by atoms with Crippen molar-refractivity contribution >= 4 is 10.9 Å². The maximum absolute atomic E-state index is 4.51. The molecular formula is C15H17N5. The summed E-state index contributed by atoms with van der Waals surface area (Å²) in [5, 5.41) is 12.3. The largest absolute Gasteiger partial charge is 0.311 e. The highest BCUT2D eigenvalue weighted by atomic mass is 15.4. The molecule has 0 saturated heterocycles. The number of hydrogen-bond donors (Lipinski definition) is 1. The Morgan fingerprint density at radius 2 is 2.15 bits per heavy atom. The molecule has 20 heavy (non-hydrogen) atoms. The highest BCUT2D eigenvalue weighted by Crippen LogP contribution is 2.14. The topological polar surface area (TPSA) is 55.6 Å². The number of nitrogens with one attached hydrogen (secondary N) is 1. The van der Waals surface area contributed by atoms with Gasteiger partial charge >= 0.3 is 0 Å². The van der Waals surface area contributed by atoms with E-state index in [1.807, 2.05) is 23.9 Å². The molecule has 1 aromatic carbocycles. The van der Waals surface area contributed by atoms with E-state index in [1.165, 1.54) is 10.9 Å². The van der Waals surface area contributed by atoms with Crippen LogP contribution in [0.5, 0.6) is 0 Å². The molecule has 0 aliphatic carbocycles. The van der Waals surface area contributed by atoms with Crippen LogP contribution in [0.4, 0.5) is 0 Å². The van der Waals surface area contributed by atoms with Crippen molar-refractivity contribution in [1.29, 1.82) is 0 Å². The van der Waals surface area contributed by atoms with Gasteiger partial charge in [0.1, 0.15) is 0 Å². The van der Waals surface area contributed by atoms with Crippen molar-refractivity contribution in [3.8, 4) is 0 Å². The molecule has 2 heterocycles. The van der Waals surface area contributed by atoms with E-state index < -0.39 is 0 Å². The first-order valence-electron chi connectivity index (χ1n) is 6.72. The molecule has 0 saturated carbocycles. The lowest BCUT2D eigenvalue weighted by Gasteiger charge is -2.06. The molecule has 0 aliphatic heterocycles. The van der Waals surface area contributed by atoms with Crippen LogP contribution in [0.15, 0.2) is 42.7 Å². The van der Waals surface area contributed by atoms with Crippen molar-refractivity contribution in [2.45, 2.75) is 20.0 Å². The number of nitrogens with zero attached hydrogens (tertiary/aromatic N) is 4. The summed E-state index contributed by atoms with van der Waals surface area (Å²) >= 11 is 0. The summed E-state index contributed by atoms with van der Waals surface area (Å²) < 4.78 is 1.82. The fourth-order valence-corrected chi connectivity index (χ4v) is 2.17. The fraction of sp³-hybridized carbons (Fsp3) is 0.267. The number of hydrogen-bond acceptors (Lipinski definition) is 4. The van der Waals surface area contributed by atoms with E-state index in [0.29, 0.717) is 0 Å². The van der Waals surface area contributed by atoms with Gasteiger partial charge in [-0.3, -0.25) is 9.67 Å². The Bertz CT molecular complexity index is 691. The summed E-state index contributed by atoms with van der Waals surface area (Å²) in [6.45, 7) is 4.55. The number of aryl methyl sites for hydroxylation is 1. The Labute approximate surface area is 117 Å². The molecule has 5 heteroatoms. The van der Waals surface area contributed by atoms with Crippen LogP contribution >= 0.6 is 0 Å². The average molecular weight is 267 g/mol. The Morgan fingerprint density at radius 3 is 3.00 bits per heavy atom. The first kappa shape index (κ1) is 12.7. The minimum atomic E-state index is 0.828. The molecule has 0 amide bonds. The third-order valence-corrected chi connectivity index (χ3v) is 3.21. The Morgan fingerprint density at radius 1 is 1.20 bits per heavy atom. The van der Waals surface area contributed by atoms with Crippen molar-refractivity contribution in [1.82, 2.24) is 25.3 Å². The van der Waals surface area contributed by atoms with E-state index in [0.717, 1.165) is 30.8 Å². The van der Waals surface area contributed by atoms with Gasteiger partial charge in [0.15, 0.2) is 0 Å². The van der Waals surface area contributed by atoms with Crippen LogP contribution in [0.25, 0.3) is 10.9 Å². The minimum Gasteiger partial charge on any atom is -0.311 e. The van der Waals surface area contributed by atoms with Crippen molar-refractivity contribution in [2.24, 2.45) is 0 Å². The second-order valence-corrected chi connectivity index (χ2v) is 4.82. The molecule has 0 fully saturated rings. The summed E-state index contributed by atoms with van der Waals surface area (Å²) in [5.74, 6) is 0. The van der Waals surface area contributed by atoms with Gasteiger partial charge in [-0.05, 0) is 30.7 Å². The average Bonchev–Trinajstić information content (AvgIpc) is 2.97. The summed E-state index contributed by atoms with van der Waals surface area (Å²) in [4.78, 5) is 4.51. The smallest absolute Gasteiger partial charge is 0.0705 e. The number of pyridine rings is 1. The van der Waals surface area contributed by atoms with Crippen LogP contribution in [0.2, 0.25) is 0 Å². The molecule has 0 atom stereocenters. The molecule has 0 spiro atoms. The minimum absolute atomic E-state index is 0.828. The van der Waals surface area contributed by atoms with E-state index in [9.17, 15) is 0 Å². The zero-order valence-electron chi connectivity index (χ0n) is 11.5. The zero-order chi connectivity index (χ0) is 13.8. The van der Waals surface area contributed by atoms with Crippen LogP contribution in [-0.4, -0.2) is 26.5 Å². The molecule has 0 bridgehead atoms. The van der Waals surface area contributed by atoms with Crippen LogP contribution < -0.4 is 5.32 Å². The standard InChI is InChI=1S/C15H17N5/c1-12-2-4-14-10-13(3-5-15(14)18-12)11-16-6-8-20-9-7-17-19-20/h2-5,7,9-10,16H,6,8,11H2,1H3. The van der Waals surface area contributed by atoms with Gasteiger partial charge in [0.05, 0.1) is 18.3 Å². The molecule has 3 rings (SSSR count). The van der Waals surface area contributed by atoms with Gasteiger partial charge in [-0.15, -0.1) is 5.10 Å². The van der Waals surface area contributed by atoms with E-state index in [4.69, 9.17) is 0 Å². The summed E-state index contributed by atoms with van der Waals surface area (Å²) in [5.41, 5.74) is 3.37. The third kappa shape index (κ3) is 3.00.